The molecule has 5 nitrogen and oxygen atoms in total. The van der Waals surface area contributed by atoms with E-state index in [9.17, 15) is 4.79 Å². The molecule has 0 bridgehead atoms. The van der Waals surface area contributed by atoms with E-state index in [1.165, 1.54) is 12.3 Å². The van der Waals surface area contributed by atoms with Crippen LogP contribution in [0.15, 0.2) is 36.5 Å². The second-order valence-corrected chi connectivity index (χ2v) is 3.66. The van der Waals surface area contributed by atoms with E-state index in [1.54, 1.807) is 6.07 Å². The summed E-state index contributed by atoms with van der Waals surface area (Å²) >= 11 is 0. The molecule has 0 saturated carbocycles. The van der Waals surface area contributed by atoms with Crippen molar-refractivity contribution in [1.29, 1.82) is 0 Å². The highest BCUT2D eigenvalue weighted by atomic mass is 16.5. The third-order valence-electron chi connectivity index (χ3n) is 2.44. The van der Waals surface area contributed by atoms with Gasteiger partial charge in [-0.15, -0.1) is 5.10 Å². The number of carbonyl (C=O) groups is 1. The molecule has 0 atom stereocenters. The Balaban J connectivity index is 2.31. The molecular weight excluding hydrogens is 232 g/mol. The number of hydrogen-bond acceptors (Lipinski definition) is 4. The van der Waals surface area contributed by atoms with Gasteiger partial charge < -0.3 is 9.84 Å². The summed E-state index contributed by atoms with van der Waals surface area (Å²) in [4.78, 5) is 11.0. The maximum atomic E-state index is 11.0. The number of nitrogens with zero attached hydrogens (tertiary/aromatic N) is 2. The Bertz CT molecular complexity index is 570. The number of aryl methyl sites for hydroxylation is 1. The maximum Gasteiger partial charge on any atom is 0.341 e. The van der Waals surface area contributed by atoms with E-state index in [-0.39, 0.29) is 11.4 Å². The molecule has 1 aromatic carbocycles. The molecule has 5 heteroatoms. The Labute approximate surface area is 104 Å². The van der Waals surface area contributed by atoms with Crippen LogP contribution in [0.25, 0.3) is 0 Å². The monoisotopic (exact) mass is 244 g/mol. The Morgan fingerprint density at radius 3 is 2.94 bits per heavy atom. The van der Waals surface area contributed by atoms with E-state index in [0.29, 0.717) is 5.75 Å². The first-order valence-corrected chi connectivity index (χ1v) is 5.52. The van der Waals surface area contributed by atoms with Gasteiger partial charge in [0.2, 0.25) is 0 Å². The second-order valence-electron chi connectivity index (χ2n) is 3.66. The predicted molar refractivity (Wildman–Crippen MR) is 64.9 cm³/mol. The first kappa shape index (κ1) is 12.0. The van der Waals surface area contributed by atoms with Crippen LogP contribution in [-0.2, 0) is 6.42 Å². The molecule has 1 heterocycles. The molecule has 0 aliphatic heterocycles. The van der Waals surface area contributed by atoms with Crippen molar-refractivity contribution in [2.45, 2.75) is 13.3 Å². The molecule has 0 amide bonds. The summed E-state index contributed by atoms with van der Waals surface area (Å²) < 4.78 is 5.46. The van der Waals surface area contributed by atoms with Crippen LogP contribution in [-0.4, -0.2) is 21.3 Å². The molecule has 0 aliphatic carbocycles. The highest BCUT2D eigenvalue weighted by Crippen LogP contribution is 2.23. The number of carboxylic acids is 1. The topological polar surface area (TPSA) is 72.3 Å². The van der Waals surface area contributed by atoms with Crippen molar-refractivity contribution in [1.82, 2.24) is 10.2 Å². The Kier molecular flexibility index (Phi) is 3.52. The second kappa shape index (κ2) is 5.27. The van der Waals surface area contributed by atoms with Crippen LogP contribution in [0.3, 0.4) is 0 Å². The number of hydrogen-bond donors (Lipinski definition) is 1. The normalized spacial score (nSPS) is 10.1. The number of ether oxygens (including phenoxy) is 1. The van der Waals surface area contributed by atoms with Crippen molar-refractivity contribution in [3.8, 4) is 11.6 Å². The first-order valence-electron chi connectivity index (χ1n) is 5.52. The molecule has 0 fully saturated rings. The zero-order valence-corrected chi connectivity index (χ0v) is 9.83. The largest absolute Gasteiger partial charge is 0.477 e. The molecule has 2 aromatic rings. The Morgan fingerprint density at radius 2 is 2.22 bits per heavy atom. The fourth-order valence-electron chi connectivity index (χ4n) is 1.50. The van der Waals surface area contributed by atoms with Crippen molar-refractivity contribution in [2.24, 2.45) is 0 Å². The lowest BCUT2D eigenvalue weighted by molar-refractivity contribution is 0.0693. The lowest BCUT2D eigenvalue weighted by Crippen LogP contribution is -2.02. The van der Waals surface area contributed by atoms with Crippen molar-refractivity contribution >= 4 is 5.97 Å². The van der Waals surface area contributed by atoms with Crippen LogP contribution < -0.4 is 4.74 Å². The summed E-state index contributed by atoms with van der Waals surface area (Å²) in [6.45, 7) is 2.03. The van der Waals surface area contributed by atoms with E-state index in [0.717, 1.165) is 12.0 Å². The van der Waals surface area contributed by atoms with Gasteiger partial charge in [0, 0.05) is 0 Å². The van der Waals surface area contributed by atoms with Gasteiger partial charge >= 0.3 is 5.97 Å². The summed E-state index contributed by atoms with van der Waals surface area (Å²) in [6, 6.07) is 8.78. The van der Waals surface area contributed by atoms with E-state index < -0.39 is 5.97 Å². The van der Waals surface area contributed by atoms with Gasteiger partial charge in [0.15, 0.2) is 0 Å². The minimum absolute atomic E-state index is 0.00162. The molecule has 0 unspecified atom stereocenters. The molecule has 2 rings (SSSR count). The summed E-state index contributed by atoms with van der Waals surface area (Å²) in [7, 11) is 0. The van der Waals surface area contributed by atoms with Crippen LogP contribution in [0.2, 0.25) is 0 Å². The van der Waals surface area contributed by atoms with Gasteiger partial charge in [-0.1, -0.05) is 19.1 Å². The zero-order chi connectivity index (χ0) is 13.0. The van der Waals surface area contributed by atoms with Gasteiger partial charge in [-0.25, -0.2) is 4.79 Å². The van der Waals surface area contributed by atoms with E-state index >= 15 is 0 Å². The lowest BCUT2D eigenvalue weighted by Gasteiger charge is -2.07. The van der Waals surface area contributed by atoms with Gasteiger partial charge in [-0.2, -0.15) is 5.10 Å². The lowest BCUT2D eigenvalue weighted by atomic mass is 10.2. The quantitative estimate of drug-likeness (QED) is 0.894. The van der Waals surface area contributed by atoms with Gasteiger partial charge in [0.25, 0.3) is 5.88 Å². The predicted octanol–water partition coefficient (Wildman–Crippen LogP) is 2.53. The smallest absolute Gasteiger partial charge is 0.341 e. The zero-order valence-electron chi connectivity index (χ0n) is 9.83. The number of aromatic carboxylic acids is 1. The molecule has 0 aliphatic rings. The summed E-state index contributed by atoms with van der Waals surface area (Å²) in [6.07, 6.45) is 2.20. The first-order chi connectivity index (χ1) is 8.70. The van der Waals surface area contributed by atoms with Crippen LogP contribution in [0.1, 0.15) is 22.8 Å². The summed E-state index contributed by atoms with van der Waals surface area (Å²) in [5.74, 6) is -0.540. The minimum atomic E-state index is -1.09. The van der Waals surface area contributed by atoms with Gasteiger partial charge in [0.1, 0.15) is 11.3 Å². The average molecular weight is 244 g/mol. The highest BCUT2D eigenvalue weighted by molar-refractivity contribution is 5.90. The van der Waals surface area contributed by atoms with E-state index in [4.69, 9.17) is 9.84 Å². The molecule has 92 valence electrons. The number of rotatable bonds is 4. The van der Waals surface area contributed by atoms with Gasteiger partial charge in [-0.05, 0) is 30.2 Å². The van der Waals surface area contributed by atoms with Crippen molar-refractivity contribution < 1.29 is 14.6 Å². The van der Waals surface area contributed by atoms with E-state index in [2.05, 4.69) is 10.2 Å². The molecule has 18 heavy (non-hydrogen) atoms. The maximum absolute atomic E-state index is 11.0. The van der Waals surface area contributed by atoms with Gasteiger partial charge in [-0.3, -0.25) is 0 Å². The highest BCUT2D eigenvalue weighted by Gasteiger charge is 2.13. The fourth-order valence-corrected chi connectivity index (χ4v) is 1.50. The molecule has 1 aromatic heterocycles. The van der Waals surface area contributed by atoms with Crippen LogP contribution in [0, 0.1) is 0 Å². The average Bonchev–Trinajstić information content (AvgIpc) is 2.39. The van der Waals surface area contributed by atoms with Crippen LogP contribution >= 0.6 is 0 Å². The molecule has 0 spiro atoms. The molecule has 1 N–H and O–H groups in total. The SMILES string of the molecule is CCc1cccc(Oc2nnccc2C(=O)O)c1. The van der Waals surface area contributed by atoms with Crippen LogP contribution in [0.5, 0.6) is 11.6 Å². The van der Waals surface area contributed by atoms with Crippen LogP contribution in [0.4, 0.5) is 0 Å². The summed E-state index contributed by atoms with van der Waals surface area (Å²) in [5.41, 5.74) is 1.10. The number of carboxylic acid groups (broad SMARTS) is 1. The van der Waals surface area contributed by atoms with Crippen molar-refractivity contribution in [3.63, 3.8) is 0 Å². The third kappa shape index (κ3) is 2.63. The van der Waals surface area contributed by atoms with Crippen molar-refractivity contribution in [3.05, 3.63) is 47.7 Å². The molecule has 0 saturated heterocycles. The Hall–Kier alpha value is -2.43. The molecule has 0 radical (unpaired) electrons. The third-order valence-corrected chi connectivity index (χ3v) is 2.44. The van der Waals surface area contributed by atoms with Gasteiger partial charge in [0.05, 0.1) is 6.20 Å². The molecular formula is C13H12N2O3. The van der Waals surface area contributed by atoms with Crippen molar-refractivity contribution in [2.75, 3.05) is 0 Å². The number of benzene rings is 1. The standard InChI is InChI=1S/C13H12N2O3/c1-2-9-4-3-5-10(8-9)18-12-11(13(16)17)6-7-14-15-12/h3-8H,2H2,1H3,(H,16,17). The minimum Gasteiger partial charge on any atom is -0.477 e. The van der Waals surface area contributed by atoms with E-state index in [1.807, 2.05) is 25.1 Å². The number of aromatic nitrogens is 2. The fraction of sp³-hybridized carbons (Fsp3) is 0.154. The summed E-state index contributed by atoms with van der Waals surface area (Å²) in [5, 5.41) is 16.3. The Morgan fingerprint density at radius 1 is 1.39 bits per heavy atom.